The SMILES string of the molecule is N#Cc1ccc(C(=O)OCCc2cccc3ccccc23)cc1. The number of benzene rings is 3. The molecule has 0 radical (unpaired) electrons. The number of carbonyl (C=O) groups excluding carboxylic acids is 1. The summed E-state index contributed by atoms with van der Waals surface area (Å²) in [6.45, 7) is 0.326. The molecule has 0 aliphatic heterocycles. The summed E-state index contributed by atoms with van der Waals surface area (Å²) in [6.07, 6.45) is 0.670. The molecule has 3 aromatic carbocycles. The van der Waals surface area contributed by atoms with Crippen LogP contribution in [0.3, 0.4) is 0 Å². The molecule has 0 amide bonds. The monoisotopic (exact) mass is 301 g/mol. The van der Waals surface area contributed by atoms with E-state index in [-0.39, 0.29) is 5.97 Å². The summed E-state index contributed by atoms with van der Waals surface area (Å²) in [4.78, 5) is 12.0. The van der Waals surface area contributed by atoms with Crippen LogP contribution in [0.4, 0.5) is 0 Å². The summed E-state index contributed by atoms with van der Waals surface area (Å²) in [6, 6.07) is 22.8. The zero-order valence-corrected chi connectivity index (χ0v) is 12.5. The second-order valence-electron chi connectivity index (χ2n) is 5.21. The van der Waals surface area contributed by atoms with E-state index in [0.29, 0.717) is 24.2 Å². The zero-order valence-electron chi connectivity index (χ0n) is 12.5. The maximum atomic E-state index is 12.0. The maximum Gasteiger partial charge on any atom is 0.338 e. The molecule has 0 saturated carbocycles. The molecule has 0 aromatic heterocycles. The molecule has 3 nitrogen and oxygen atoms in total. The van der Waals surface area contributed by atoms with Crippen molar-refractivity contribution in [3.63, 3.8) is 0 Å². The topological polar surface area (TPSA) is 50.1 Å². The van der Waals surface area contributed by atoms with Gasteiger partial charge in [0.2, 0.25) is 0 Å². The Kier molecular flexibility index (Phi) is 4.35. The van der Waals surface area contributed by atoms with Gasteiger partial charge in [0.05, 0.1) is 23.8 Å². The lowest BCUT2D eigenvalue weighted by molar-refractivity contribution is 0.0509. The van der Waals surface area contributed by atoms with Crippen molar-refractivity contribution >= 4 is 16.7 Å². The van der Waals surface area contributed by atoms with Crippen LogP contribution < -0.4 is 0 Å². The number of nitrogens with zero attached hydrogens (tertiary/aromatic N) is 1. The summed E-state index contributed by atoms with van der Waals surface area (Å²) in [5.74, 6) is -0.366. The van der Waals surface area contributed by atoms with Gasteiger partial charge in [0.25, 0.3) is 0 Å². The van der Waals surface area contributed by atoms with Crippen LogP contribution in [0, 0.1) is 11.3 Å². The Morgan fingerprint density at radius 3 is 2.48 bits per heavy atom. The third-order valence-electron chi connectivity index (χ3n) is 3.73. The molecule has 3 heteroatoms. The maximum absolute atomic E-state index is 12.0. The van der Waals surface area contributed by atoms with E-state index in [1.807, 2.05) is 24.3 Å². The summed E-state index contributed by atoms with van der Waals surface area (Å²) in [5, 5.41) is 11.1. The van der Waals surface area contributed by atoms with Crippen LogP contribution in [0.1, 0.15) is 21.5 Å². The summed E-state index contributed by atoms with van der Waals surface area (Å²) < 4.78 is 5.33. The quantitative estimate of drug-likeness (QED) is 0.681. The third kappa shape index (κ3) is 3.38. The van der Waals surface area contributed by atoms with Crippen LogP contribution >= 0.6 is 0 Å². The molecule has 0 N–H and O–H groups in total. The average molecular weight is 301 g/mol. The van der Waals surface area contributed by atoms with Gasteiger partial charge >= 0.3 is 5.97 Å². The molecule has 0 heterocycles. The number of ether oxygens (including phenoxy) is 1. The van der Waals surface area contributed by atoms with Crippen molar-refractivity contribution in [2.24, 2.45) is 0 Å². The molecule has 0 fully saturated rings. The van der Waals surface area contributed by atoms with Crippen molar-refractivity contribution in [3.05, 3.63) is 83.4 Å². The van der Waals surface area contributed by atoms with E-state index in [2.05, 4.69) is 24.3 Å². The van der Waals surface area contributed by atoms with Crippen LogP contribution in [0.5, 0.6) is 0 Å². The van der Waals surface area contributed by atoms with Crippen molar-refractivity contribution in [2.45, 2.75) is 6.42 Å². The Balaban J connectivity index is 1.64. The largest absolute Gasteiger partial charge is 0.462 e. The van der Waals surface area contributed by atoms with E-state index in [4.69, 9.17) is 10.00 Å². The van der Waals surface area contributed by atoms with E-state index in [9.17, 15) is 4.79 Å². The molecule has 112 valence electrons. The van der Waals surface area contributed by atoms with Gasteiger partial charge in [-0.3, -0.25) is 0 Å². The number of nitriles is 1. The van der Waals surface area contributed by atoms with E-state index in [1.165, 1.54) is 10.8 Å². The van der Waals surface area contributed by atoms with Crippen molar-refractivity contribution in [3.8, 4) is 6.07 Å². The minimum atomic E-state index is -0.366. The first-order valence-electron chi connectivity index (χ1n) is 7.42. The van der Waals surface area contributed by atoms with Gasteiger partial charge in [-0.2, -0.15) is 5.26 Å². The van der Waals surface area contributed by atoms with Crippen LogP contribution in [0.2, 0.25) is 0 Å². The van der Waals surface area contributed by atoms with Gasteiger partial charge < -0.3 is 4.74 Å². The highest BCUT2D eigenvalue weighted by atomic mass is 16.5. The first-order chi connectivity index (χ1) is 11.3. The Bertz CT molecular complexity index is 871. The normalized spacial score (nSPS) is 10.2. The van der Waals surface area contributed by atoms with E-state index in [1.54, 1.807) is 24.3 Å². The number of hydrogen-bond donors (Lipinski definition) is 0. The second-order valence-corrected chi connectivity index (χ2v) is 5.21. The highest BCUT2D eigenvalue weighted by molar-refractivity contribution is 5.89. The van der Waals surface area contributed by atoms with Crippen molar-refractivity contribution in [1.82, 2.24) is 0 Å². The average Bonchev–Trinajstić information content (AvgIpc) is 2.62. The fraction of sp³-hybridized carbons (Fsp3) is 0.100. The molecular weight excluding hydrogens is 286 g/mol. The lowest BCUT2D eigenvalue weighted by Crippen LogP contribution is -2.08. The van der Waals surface area contributed by atoms with Gasteiger partial charge in [-0.1, -0.05) is 42.5 Å². The molecule has 3 rings (SSSR count). The number of esters is 1. The predicted octanol–water partition coefficient (Wildman–Crippen LogP) is 4.11. The fourth-order valence-corrected chi connectivity index (χ4v) is 2.53. The van der Waals surface area contributed by atoms with Gasteiger partial charge in [0.1, 0.15) is 0 Å². The molecule has 0 unspecified atom stereocenters. The second kappa shape index (κ2) is 6.76. The van der Waals surface area contributed by atoms with Crippen LogP contribution in [0.25, 0.3) is 10.8 Å². The zero-order chi connectivity index (χ0) is 16.1. The van der Waals surface area contributed by atoms with Gasteiger partial charge in [-0.25, -0.2) is 4.79 Å². The number of rotatable bonds is 4. The highest BCUT2D eigenvalue weighted by Gasteiger charge is 2.07. The lowest BCUT2D eigenvalue weighted by atomic mass is 10.0. The molecule has 23 heavy (non-hydrogen) atoms. The smallest absolute Gasteiger partial charge is 0.338 e. The third-order valence-corrected chi connectivity index (χ3v) is 3.73. The number of carbonyl (C=O) groups is 1. The van der Waals surface area contributed by atoms with Crippen LogP contribution in [-0.4, -0.2) is 12.6 Å². The highest BCUT2D eigenvalue weighted by Crippen LogP contribution is 2.19. The van der Waals surface area contributed by atoms with Gasteiger partial charge in [0.15, 0.2) is 0 Å². The summed E-state index contributed by atoms with van der Waals surface area (Å²) in [5.41, 5.74) is 2.15. The molecular formula is C20H15NO2. The van der Waals surface area contributed by atoms with E-state index < -0.39 is 0 Å². The van der Waals surface area contributed by atoms with Gasteiger partial charge in [0, 0.05) is 6.42 Å². The standard InChI is InChI=1S/C20H15NO2/c21-14-15-8-10-18(11-9-15)20(22)23-13-12-17-6-3-5-16-4-1-2-7-19(16)17/h1-11H,12-13H2. The molecule has 0 bridgehead atoms. The predicted molar refractivity (Wildman–Crippen MR) is 89.1 cm³/mol. The van der Waals surface area contributed by atoms with Crippen molar-refractivity contribution < 1.29 is 9.53 Å². The molecule has 0 aliphatic carbocycles. The first kappa shape index (κ1) is 14.8. The molecule has 0 atom stereocenters. The minimum Gasteiger partial charge on any atom is -0.462 e. The minimum absolute atomic E-state index is 0.326. The number of fused-ring (bicyclic) bond motifs is 1. The van der Waals surface area contributed by atoms with E-state index in [0.717, 1.165) is 5.56 Å². The Morgan fingerprint density at radius 2 is 1.70 bits per heavy atom. The Labute approximate surface area is 134 Å². The van der Waals surface area contributed by atoms with Crippen molar-refractivity contribution in [2.75, 3.05) is 6.61 Å². The first-order valence-corrected chi connectivity index (χ1v) is 7.42. The molecule has 0 spiro atoms. The molecule has 0 aliphatic rings. The molecule has 0 saturated heterocycles. The van der Waals surface area contributed by atoms with Gasteiger partial charge in [-0.15, -0.1) is 0 Å². The Morgan fingerprint density at radius 1 is 0.957 bits per heavy atom. The number of hydrogen-bond acceptors (Lipinski definition) is 3. The summed E-state index contributed by atoms with van der Waals surface area (Å²) >= 11 is 0. The van der Waals surface area contributed by atoms with E-state index >= 15 is 0 Å². The molecule has 3 aromatic rings. The van der Waals surface area contributed by atoms with Crippen LogP contribution in [-0.2, 0) is 11.2 Å². The fourth-order valence-electron chi connectivity index (χ4n) is 2.53. The van der Waals surface area contributed by atoms with Crippen LogP contribution in [0.15, 0.2) is 66.7 Å². The van der Waals surface area contributed by atoms with Gasteiger partial charge in [-0.05, 0) is 40.6 Å². The van der Waals surface area contributed by atoms with Crippen molar-refractivity contribution in [1.29, 1.82) is 5.26 Å². The lowest BCUT2D eigenvalue weighted by Gasteiger charge is -2.08. The summed E-state index contributed by atoms with van der Waals surface area (Å²) in [7, 11) is 0. The Hall–Kier alpha value is -3.12.